The number of hydrogen-bond acceptors (Lipinski definition) is 2. The number of hydrogen-bond donors (Lipinski definition) is 2. The van der Waals surface area contributed by atoms with E-state index in [2.05, 4.69) is 11.1 Å². The summed E-state index contributed by atoms with van der Waals surface area (Å²) in [7, 11) is 1.67. The number of thiocarbonyl (C=S) groups is 1. The molecule has 0 saturated carbocycles. The number of aromatic amines is 1. The lowest BCUT2D eigenvalue weighted by atomic mass is 10.0. The highest BCUT2D eigenvalue weighted by atomic mass is 32.1. The first-order chi connectivity index (χ1) is 10.1. The van der Waals surface area contributed by atoms with Crippen LogP contribution in [0.2, 0.25) is 0 Å². The van der Waals surface area contributed by atoms with Crippen molar-refractivity contribution >= 4 is 28.1 Å². The van der Waals surface area contributed by atoms with E-state index in [1.54, 1.807) is 7.11 Å². The zero-order valence-corrected chi connectivity index (χ0v) is 12.8. The lowest BCUT2D eigenvalue weighted by Crippen LogP contribution is -2.10. The topological polar surface area (TPSA) is 51.0 Å². The van der Waals surface area contributed by atoms with E-state index in [0.29, 0.717) is 4.99 Å². The Labute approximate surface area is 128 Å². The van der Waals surface area contributed by atoms with E-state index in [1.807, 2.05) is 43.3 Å². The number of H-pyrrole nitrogens is 1. The molecule has 3 aromatic rings. The molecule has 1 aromatic heterocycles. The highest BCUT2D eigenvalue weighted by Crippen LogP contribution is 2.32. The molecule has 0 atom stereocenters. The molecule has 3 N–H and O–H groups in total. The quantitative estimate of drug-likeness (QED) is 0.723. The van der Waals surface area contributed by atoms with E-state index in [9.17, 15) is 0 Å². The zero-order chi connectivity index (χ0) is 15.0. The Kier molecular flexibility index (Phi) is 3.39. The van der Waals surface area contributed by atoms with Crippen LogP contribution in [0.5, 0.6) is 5.75 Å². The Morgan fingerprint density at radius 2 is 1.95 bits per heavy atom. The first kappa shape index (κ1) is 13.6. The van der Waals surface area contributed by atoms with E-state index >= 15 is 0 Å². The fourth-order valence-electron chi connectivity index (χ4n) is 2.65. The van der Waals surface area contributed by atoms with Crippen molar-refractivity contribution in [1.29, 1.82) is 0 Å². The molecule has 0 spiro atoms. The van der Waals surface area contributed by atoms with Crippen LogP contribution < -0.4 is 10.5 Å². The molecule has 21 heavy (non-hydrogen) atoms. The van der Waals surface area contributed by atoms with Gasteiger partial charge in [0.05, 0.1) is 12.8 Å². The van der Waals surface area contributed by atoms with Gasteiger partial charge in [0.25, 0.3) is 0 Å². The summed E-state index contributed by atoms with van der Waals surface area (Å²) in [6, 6.07) is 14.1. The minimum Gasteiger partial charge on any atom is -0.496 e. The van der Waals surface area contributed by atoms with Crippen LogP contribution in [0.4, 0.5) is 0 Å². The SMILES string of the molecule is COc1ccc(-c2[nH]c3ccccc3c2C(N)=S)cc1C. The molecular formula is C17H16N2OS. The second kappa shape index (κ2) is 5.22. The van der Waals surface area contributed by atoms with Crippen LogP contribution in [-0.2, 0) is 0 Å². The standard InChI is InChI=1S/C17H16N2OS/c1-10-9-11(7-8-14(10)20-2)16-15(17(18)21)12-5-3-4-6-13(12)19-16/h3-9,19H,1-2H3,(H2,18,21). The largest absolute Gasteiger partial charge is 0.496 e. The van der Waals surface area contributed by atoms with Crippen LogP contribution in [0.15, 0.2) is 42.5 Å². The van der Waals surface area contributed by atoms with Crippen molar-refractivity contribution in [2.75, 3.05) is 7.11 Å². The van der Waals surface area contributed by atoms with E-state index in [-0.39, 0.29) is 0 Å². The second-order valence-corrected chi connectivity index (χ2v) is 5.41. The molecule has 2 aromatic carbocycles. The van der Waals surface area contributed by atoms with Gasteiger partial charge in [-0.25, -0.2) is 0 Å². The van der Waals surface area contributed by atoms with Crippen LogP contribution in [0.1, 0.15) is 11.1 Å². The van der Waals surface area contributed by atoms with Gasteiger partial charge >= 0.3 is 0 Å². The van der Waals surface area contributed by atoms with E-state index in [4.69, 9.17) is 22.7 Å². The Morgan fingerprint density at radius 3 is 2.62 bits per heavy atom. The van der Waals surface area contributed by atoms with Gasteiger partial charge in [0.1, 0.15) is 10.7 Å². The fraction of sp³-hybridized carbons (Fsp3) is 0.118. The number of rotatable bonds is 3. The van der Waals surface area contributed by atoms with Gasteiger partial charge in [0.15, 0.2) is 0 Å². The highest BCUT2D eigenvalue weighted by molar-refractivity contribution is 7.80. The van der Waals surface area contributed by atoms with Crippen LogP contribution in [0.25, 0.3) is 22.2 Å². The van der Waals surface area contributed by atoms with E-state index in [0.717, 1.165) is 39.0 Å². The number of para-hydroxylation sites is 1. The van der Waals surface area contributed by atoms with Crippen molar-refractivity contribution in [2.24, 2.45) is 5.73 Å². The van der Waals surface area contributed by atoms with Gasteiger partial charge in [-0.05, 0) is 42.3 Å². The minimum atomic E-state index is 0.399. The molecule has 106 valence electrons. The Bertz CT molecular complexity index is 836. The number of aryl methyl sites for hydroxylation is 1. The maximum Gasteiger partial charge on any atom is 0.121 e. The zero-order valence-electron chi connectivity index (χ0n) is 11.9. The molecule has 3 nitrogen and oxygen atoms in total. The minimum absolute atomic E-state index is 0.399. The van der Waals surface area contributed by atoms with E-state index in [1.165, 1.54) is 0 Å². The van der Waals surface area contributed by atoms with Crippen molar-refractivity contribution < 1.29 is 4.74 Å². The van der Waals surface area contributed by atoms with Crippen LogP contribution in [0.3, 0.4) is 0 Å². The fourth-order valence-corrected chi connectivity index (χ4v) is 2.86. The monoisotopic (exact) mass is 296 g/mol. The number of fused-ring (bicyclic) bond motifs is 1. The van der Waals surface area contributed by atoms with Crippen LogP contribution >= 0.6 is 12.2 Å². The first-order valence-electron chi connectivity index (χ1n) is 6.67. The van der Waals surface area contributed by atoms with Gasteiger partial charge in [0.2, 0.25) is 0 Å². The van der Waals surface area contributed by atoms with Crippen molar-refractivity contribution in [1.82, 2.24) is 4.98 Å². The smallest absolute Gasteiger partial charge is 0.121 e. The summed E-state index contributed by atoms with van der Waals surface area (Å²) in [5, 5.41) is 1.05. The summed E-state index contributed by atoms with van der Waals surface area (Å²) >= 11 is 5.25. The average Bonchev–Trinajstić information content (AvgIpc) is 2.86. The summed E-state index contributed by atoms with van der Waals surface area (Å²) in [6.07, 6.45) is 0. The number of nitrogens with one attached hydrogen (secondary N) is 1. The summed E-state index contributed by atoms with van der Waals surface area (Å²) in [6.45, 7) is 2.02. The summed E-state index contributed by atoms with van der Waals surface area (Å²) in [5.74, 6) is 0.867. The summed E-state index contributed by atoms with van der Waals surface area (Å²) in [5.41, 5.74) is 10.9. The maximum absolute atomic E-state index is 5.94. The molecule has 0 aliphatic carbocycles. The number of aromatic nitrogens is 1. The molecular weight excluding hydrogens is 280 g/mol. The Morgan fingerprint density at radius 1 is 1.19 bits per heavy atom. The van der Waals surface area contributed by atoms with Crippen LogP contribution in [0, 0.1) is 6.92 Å². The predicted octanol–water partition coefficient (Wildman–Crippen LogP) is 3.79. The van der Waals surface area contributed by atoms with Crippen molar-refractivity contribution in [3.05, 3.63) is 53.6 Å². The van der Waals surface area contributed by atoms with Gasteiger partial charge < -0.3 is 15.5 Å². The molecule has 0 fully saturated rings. The third-order valence-electron chi connectivity index (χ3n) is 3.64. The lowest BCUT2D eigenvalue weighted by molar-refractivity contribution is 0.412. The molecule has 1 heterocycles. The van der Waals surface area contributed by atoms with Gasteiger partial charge in [-0.15, -0.1) is 0 Å². The number of methoxy groups -OCH3 is 1. The molecule has 4 heteroatoms. The summed E-state index contributed by atoms with van der Waals surface area (Å²) in [4.78, 5) is 3.82. The number of benzene rings is 2. The van der Waals surface area contributed by atoms with Gasteiger partial charge in [-0.2, -0.15) is 0 Å². The maximum atomic E-state index is 5.94. The molecule has 0 amide bonds. The van der Waals surface area contributed by atoms with Crippen molar-refractivity contribution in [3.63, 3.8) is 0 Å². The normalized spacial score (nSPS) is 10.8. The van der Waals surface area contributed by atoms with Crippen LogP contribution in [-0.4, -0.2) is 17.1 Å². The Balaban J connectivity index is 2.27. The molecule has 0 saturated heterocycles. The van der Waals surface area contributed by atoms with Gasteiger partial charge in [-0.3, -0.25) is 0 Å². The van der Waals surface area contributed by atoms with Crippen molar-refractivity contribution in [3.8, 4) is 17.0 Å². The molecule has 0 unspecified atom stereocenters. The van der Waals surface area contributed by atoms with Gasteiger partial charge in [-0.1, -0.05) is 30.4 Å². The number of nitrogens with two attached hydrogens (primary N) is 1. The van der Waals surface area contributed by atoms with Gasteiger partial charge in [0, 0.05) is 16.5 Å². The van der Waals surface area contributed by atoms with Crippen molar-refractivity contribution in [2.45, 2.75) is 6.92 Å². The summed E-state index contributed by atoms with van der Waals surface area (Å²) < 4.78 is 5.31. The molecule has 0 radical (unpaired) electrons. The lowest BCUT2D eigenvalue weighted by Gasteiger charge is -2.08. The molecule has 3 rings (SSSR count). The second-order valence-electron chi connectivity index (χ2n) is 4.97. The molecule has 0 aliphatic rings. The third kappa shape index (κ3) is 2.28. The molecule has 0 bridgehead atoms. The Hall–Kier alpha value is -2.33. The van der Waals surface area contributed by atoms with E-state index < -0.39 is 0 Å². The number of ether oxygens (including phenoxy) is 1. The third-order valence-corrected chi connectivity index (χ3v) is 3.84. The predicted molar refractivity (Wildman–Crippen MR) is 90.9 cm³/mol. The average molecular weight is 296 g/mol. The highest BCUT2D eigenvalue weighted by Gasteiger charge is 2.15. The molecule has 0 aliphatic heterocycles. The first-order valence-corrected chi connectivity index (χ1v) is 7.08.